The van der Waals surface area contributed by atoms with E-state index >= 15 is 0 Å². The smallest absolute Gasteiger partial charge is 0.258 e. The molecule has 2 aromatic rings. The van der Waals surface area contributed by atoms with Crippen LogP contribution in [0.15, 0.2) is 60.7 Å². The lowest BCUT2D eigenvalue weighted by atomic mass is 9.89. The minimum absolute atomic E-state index is 0. The van der Waals surface area contributed by atoms with Crippen LogP contribution in [0, 0.1) is 25.0 Å². The third-order valence-corrected chi connectivity index (χ3v) is 11.0. The van der Waals surface area contributed by atoms with Crippen LogP contribution in [0.5, 0.6) is 0 Å². The highest BCUT2D eigenvalue weighted by molar-refractivity contribution is 7.78. The zero-order chi connectivity index (χ0) is 35.5. The van der Waals surface area contributed by atoms with Crippen LogP contribution in [0.2, 0.25) is 0 Å². The quantitative estimate of drug-likeness (QED) is 0.0833. The summed E-state index contributed by atoms with van der Waals surface area (Å²) in [6, 6.07) is 20.9. The van der Waals surface area contributed by atoms with Crippen LogP contribution in [0.1, 0.15) is 83.8 Å². The Morgan fingerprint density at radius 3 is 1.56 bits per heavy atom. The maximum absolute atomic E-state index is 9.32. The number of benzene rings is 2. The van der Waals surface area contributed by atoms with Crippen LogP contribution in [-0.4, -0.2) is 82.2 Å². The van der Waals surface area contributed by atoms with Crippen molar-refractivity contribution in [2.75, 3.05) is 67.7 Å². The summed E-state index contributed by atoms with van der Waals surface area (Å²) in [5, 5.41) is 9.32. The summed E-state index contributed by atoms with van der Waals surface area (Å²) in [6.45, 7) is 24.8. The first kappa shape index (κ1) is 48.4. The largest absolute Gasteiger partial charge is 0.396 e. The number of halogens is 1. The molecule has 0 heterocycles. The van der Waals surface area contributed by atoms with Gasteiger partial charge in [0.05, 0.1) is 6.61 Å². The van der Waals surface area contributed by atoms with E-state index in [1.807, 2.05) is 57.1 Å². The molecule has 0 fully saturated rings. The van der Waals surface area contributed by atoms with Gasteiger partial charge in [0, 0.05) is 18.4 Å². The van der Waals surface area contributed by atoms with E-state index < -0.39 is 16.2 Å². The molecule has 2 aromatic carbocycles. The first-order valence-electron chi connectivity index (χ1n) is 16.4. The van der Waals surface area contributed by atoms with Crippen LogP contribution in [0.25, 0.3) is 9.69 Å². The number of hydrogen-bond acceptors (Lipinski definition) is 6. The van der Waals surface area contributed by atoms with Crippen molar-refractivity contribution in [2.24, 2.45) is 11.8 Å². The number of nitrogens with zero attached hydrogens (tertiary/aromatic N) is 4. The number of aliphatic hydroxyl groups is 1. The Morgan fingerprint density at radius 2 is 1.17 bits per heavy atom. The van der Waals surface area contributed by atoms with Crippen molar-refractivity contribution in [3.05, 3.63) is 94.6 Å². The number of rotatable bonds is 20. The Labute approximate surface area is 301 Å². The molecule has 0 saturated carbocycles. The van der Waals surface area contributed by atoms with Gasteiger partial charge in [-0.2, -0.15) is 0 Å². The van der Waals surface area contributed by atoms with E-state index in [0.717, 1.165) is 12.8 Å². The maximum atomic E-state index is 9.32. The summed E-state index contributed by atoms with van der Waals surface area (Å²) in [7, 11) is 5.51. The predicted octanol–water partition coefficient (Wildman–Crippen LogP) is 10.7. The molecule has 48 heavy (non-hydrogen) atoms. The Bertz CT molecular complexity index is 1090. The molecule has 11 heteroatoms. The minimum Gasteiger partial charge on any atom is -0.396 e. The van der Waals surface area contributed by atoms with E-state index in [9.17, 15) is 5.11 Å². The molecule has 272 valence electrons. The standard InChI is InChI=1S/C18H29N2O2P.C13H20O.C5H10ClN2OP.CH4/c1-6-16(2)14-18(17-10-8-7-9-11-17)15-22-23(20(4)5)21-13-12-19-3;1-3-11(2)9-13(10-14)12-7-5-4-6-8-12;1-7-4-5-9-10(6)8(2)3;/h7-11,16,18H,6,12-15H2,1-2,4-5H3;4-8,11,13-14H,3,9-10H2,1-2H3;4-5H2,2-3H3;1H4. The van der Waals surface area contributed by atoms with Gasteiger partial charge in [0.2, 0.25) is 20.7 Å². The van der Waals surface area contributed by atoms with E-state index in [-0.39, 0.29) is 14.0 Å². The molecule has 0 spiro atoms. The van der Waals surface area contributed by atoms with Gasteiger partial charge in [-0.15, -0.1) is 0 Å². The number of aliphatic hydroxyl groups excluding tert-OH is 1. The van der Waals surface area contributed by atoms with Crippen molar-refractivity contribution in [3.63, 3.8) is 0 Å². The molecule has 0 saturated heterocycles. The average molecular weight is 725 g/mol. The van der Waals surface area contributed by atoms with E-state index in [1.165, 1.54) is 24.0 Å². The summed E-state index contributed by atoms with van der Waals surface area (Å²) >= 11 is 5.72. The Kier molecular flexibility index (Phi) is 31.6. The Balaban J connectivity index is 0. The van der Waals surface area contributed by atoms with E-state index in [0.29, 0.717) is 56.6 Å². The molecular weight excluding hydrogens is 662 g/mol. The molecule has 6 unspecified atom stereocenters. The van der Waals surface area contributed by atoms with Gasteiger partial charge in [-0.25, -0.2) is 17.8 Å². The summed E-state index contributed by atoms with van der Waals surface area (Å²) in [6.07, 6.45) is 4.55. The van der Waals surface area contributed by atoms with Gasteiger partial charge in [-0.1, -0.05) is 109 Å². The lowest BCUT2D eigenvalue weighted by molar-refractivity contribution is 0.206. The summed E-state index contributed by atoms with van der Waals surface area (Å²) in [4.78, 5) is 6.45. The second kappa shape index (κ2) is 31.3. The Hall–Kier alpha value is -1.67. The summed E-state index contributed by atoms with van der Waals surface area (Å²) in [5.41, 5.74) is 2.58. The van der Waals surface area contributed by atoms with Gasteiger partial charge >= 0.3 is 0 Å². The van der Waals surface area contributed by atoms with Crippen molar-refractivity contribution in [1.29, 1.82) is 0 Å². The van der Waals surface area contributed by atoms with Gasteiger partial charge < -0.3 is 28.4 Å². The zero-order valence-electron chi connectivity index (χ0n) is 29.9. The molecule has 0 aliphatic rings. The van der Waals surface area contributed by atoms with Crippen molar-refractivity contribution < 1.29 is 18.7 Å². The molecule has 8 nitrogen and oxygen atoms in total. The van der Waals surface area contributed by atoms with E-state index in [2.05, 4.69) is 73.8 Å². The first-order valence-corrected chi connectivity index (χ1v) is 19.6. The van der Waals surface area contributed by atoms with Gasteiger partial charge in [0.25, 0.3) is 8.53 Å². The second-order valence-corrected chi connectivity index (χ2v) is 16.0. The van der Waals surface area contributed by atoms with Crippen LogP contribution in [0.4, 0.5) is 0 Å². The van der Waals surface area contributed by atoms with E-state index in [4.69, 9.17) is 38.0 Å². The van der Waals surface area contributed by atoms with Crippen molar-refractivity contribution >= 4 is 27.4 Å². The van der Waals surface area contributed by atoms with Gasteiger partial charge in [0.1, 0.15) is 13.2 Å². The lowest BCUT2D eigenvalue weighted by Crippen LogP contribution is -2.15. The normalized spacial score (nSPS) is 14.4. The van der Waals surface area contributed by atoms with Gasteiger partial charge in [-0.05, 0) is 75.2 Å². The van der Waals surface area contributed by atoms with Crippen molar-refractivity contribution in [3.8, 4) is 0 Å². The molecule has 0 radical (unpaired) electrons. The average Bonchev–Trinajstić information content (AvgIpc) is 3.09. The molecule has 0 aliphatic heterocycles. The molecule has 0 aromatic heterocycles. The molecular formula is C37H63ClN4O4P2. The third kappa shape index (κ3) is 23.6. The van der Waals surface area contributed by atoms with Gasteiger partial charge in [0.15, 0.2) is 0 Å². The molecule has 0 bridgehead atoms. The summed E-state index contributed by atoms with van der Waals surface area (Å²) in [5.74, 6) is 2.04. The predicted molar refractivity (Wildman–Crippen MR) is 208 cm³/mol. The lowest BCUT2D eigenvalue weighted by Gasteiger charge is -2.26. The first-order chi connectivity index (χ1) is 22.5. The van der Waals surface area contributed by atoms with Gasteiger partial charge in [-0.3, -0.25) is 4.67 Å². The van der Waals surface area contributed by atoms with Crippen LogP contribution >= 0.6 is 27.4 Å². The fourth-order valence-corrected chi connectivity index (χ4v) is 5.99. The van der Waals surface area contributed by atoms with E-state index in [1.54, 1.807) is 4.67 Å². The SMILES string of the molecule is C.CCC(C)CC(CO)c1ccccc1.[C-]#[N+]CCOP(Cl)N(C)C.[C-]#[N+]CCOP(OCC(CC(C)CC)c1ccccc1)N(C)C. The van der Waals surface area contributed by atoms with Crippen molar-refractivity contribution in [1.82, 2.24) is 9.34 Å². The highest BCUT2D eigenvalue weighted by atomic mass is 35.7. The topological polar surface area (TPSA) is 63.1 Å². The van der Waals surface area contributed by atoms with Crippen molar-refractivity contribution in [2.45, 2.75) is 72.6 Å². The fraction of sp³-hybridized carbons (Fsp3) is 0.622. The Morgan fingerprint density at radius 1 is 0.729 bits per heavy atom. The van der Waals surface area contributed by atoms with Crippen LogP contribution in [-0.2, 0) is 13.6 Å². The minimum atomic E-state index is -1.09. The highest BCUT2D eigenvalue weighted by Crippen LogP contribution is 2.44. The molecule has 0 aliphatic carbocycles. The zero-order valence-corrected chi connectivity index (χ0v) is 32.4. The van der Waals surface area contributed by atoms with Crippen LogP contribution in [0.3, 0.4) is 0 Å². The number of hydrogen-bond donors (Lipinski definition) is 1. The molecule has 6 atom stereocenters. The summed E-state index contributed by atoms with van der Waals surface area (Å²) < 4.78 is 20.6. The third-order valence-electron chi connectivity index (χ3n) is 7.36. The monoisotopic (exact) mass is 724 g/mol. The maximum Gasteiger partial charge on any atom is 0.258 e. The second-order valence-electron chi connectivity index (χ2n) is 11.8. The molecule has 2 rings (SSSR count). The highest BCUT2D eigenvalue weighted by Gasteiger charge is 2.21. The molecule has 0 amide bonds. The fourth-order valence-electron chi connectivity index (χ4n) is 4.24. The molecule has 1 N–H and O–H groups in total. The van der Waals surface area contributed by atoms with Crippen LogP contribution < -0.4 is 0 Å².